The van der Waals surface area contributed by atoms with E-state index in [1.807, 2.05) is 36.4 Å². The third-order valence-corrected chi connectivity index (χ3v) is 4.63. The second-order valence-corrected chi connectivity index (χ2v) is 6.97. The molecule has 0 unspecified atom stereocenters. The number of piperazine rings is 1. The van der Waals surface area contributed by atoms with E-state index in [0.717, 1.165) is 24.1 Å². The van der Waals surface area contributed by atoms with Gasteiger partial charge in [0.05, 0.1) is 12.1 Å². The van der Waals surface area contributed by atoms with Crippen molar-refractivity contribution in [2.75, 3.05) is 6.54 Å². The second-order valence-electron chi connectivity index (χ2n) is 6.97. The highest BCUT2D eigenvalue weighted by atomic mass is 16.3. The van der Waals surface area contributed by atoms with Crippen LogP contribution in [0.1, 0.15) is 43.5 Å². The highest BCUT2D eigenvalue weighted by molar-refractivity contribution is 5.41. The van der Waals surface area contributed by atoms with Crippen LogP contribution < -0.4 is 10.6 Å². The van der Waals surface area contributed by atoms with E-state index in [9.17, 15) is 10.2 Å². The molecule has 4 heteroatoms. The number of rotatable bonds is 4. The van der Waals surface area contributed by atoms with E-state index in [1.54, 1.807) is 12.1 Å². The van der Waals surface area contributed by atoms with Crippen molar-refractivity contribution in [2.24, 2.45) is 5.92 Å². The van der Waals surface area contributed by atoms with Gasteiger partial charge in [0.25, 0.3) is 0 Å². The first kappa shape index (κ1) is 16.8. The van der Waals surface area contributed by atoms with Crippen molar-refractivity contribution in [3.05, 3.63) is 59.7 Å². The van der Waals surface area contributed by atoms with Crippen LogP contribution >= 0.6 is 0 Å². The Morgan fingerprint density at radius 3 is 2.00 bits per heavy atom. The molecule has 24 heavy (non-hydrogen) atoms. The predicted molar refractivity (Wildman–Crippen MR) is 96.1 cm³/mol. The molecule has 128 valence electrons. The third kappa shape index (κ3) is 3.55. The van der Waals surface area contributed by atoms with Gasteiger partial charge in [0.1, 0.15) is 11.5 Å². The minimum absolute atomic E-state index is 0.0945. The fourth-order valence-electron chi connectivity index (χ4n) is 3.58. The van der Waals surface area contributed by atoms with Gasteiger partial charge in [-0.3, -0.25) is 0 Å². The van der Waals surface area contributed by atoms with Crippen LogP contribution in [-0.2, 0) is 0 Å². The highest BCUT2D eigenvalue weighted by Gasteiger charge is 2.34. The molecule has 0 amide bonds. The molecule has 0 aromatic heterocycles. The Morgan fingerprint density at radius 1 is 0.917 bits per heavy atom. The number of phenols is 2. The summed E-state index contributed by atoms with van der Waals surface area (Å²) in [6.07, 6.45) is 1.06. The third-order valence-electron chi connectivity index (χ3n) is 4.63. The Balaban J connectivity index is 1.95. The van der Waals surface area contributed by atoms with Crippen molar-refractivity contribution in [3.63, 3.8) is 0 Å². The van der Waals surface area contributed by atoms with E-state index in [4.69, 9.17) is 0 Å². The van der Waals surface area contributed by atoms with Gasteiger partial charge in [-0.2, -0.15) is 0 Å². The molecule has 1 aliphatic heterocycles. The van der Waals surface area contributed by atoms with Crippen molar-refractivity contribution >= 4 is 0 Å². The summed E-state index contributed by atoms with van der Waals surface area (Å²) >= 11 is 0. The maximum absolute atomic E-state index is 10.3. The van der Waals surface area contributed by atoms with Gasteiger partial charge < -0.3 is 20.8 Å². The average Bonchev–Trinajstić information content (AvgIpc) is 2.55. The van der Waals surface area contributed by atoms with Gasteiger partial charge in [0, 0.05) is 23.7 Å². The van der Waals surface area contributed by atoms with Crippen molar-refractivity contribution in [1.82, 2.24) is 10.6 Å². The molecule has 2 aromatic carbocycles. The fraction of sp³-hybridized carbons (Fsp3) is 0.400. The van der Waals surface area contributed by atoms with Crippen LogP contribution in [0.4, 0.5) is 0 Å². The number of phenolic OH excluding ortho intramolecular Hbond substituents is 2. The SMILES string of the molecule is CC(C)C[C@H]1CN[C@H](c2ccccc2O)[C@@H](c2ccccc2O)N1. The Kier molecular flexibility index (Phi) is 5.07. The second kappa shape index (κ2) is 7.24. The molecule has 0 aliphatic carbocycles. The fourth-order valence-corrected chi connectivity index (χ4v) is 3.58. The van der Waals surface area contributed by atoms with Crippen LogP contribution in [0.25, 0.3) is 0 Å². The first-order valence-electron chi connectivity index (χ1n) is 8.61. The molecule has 1 heterocycles. The summed E-state index contributed by atoms with van der Waals surface area (Å²) < 4.78 is 0. The van der Waals surface area contributed by atoms with Gasteiger partial charge in [0.15, 0.2) is 0 Å². The summed E-state index contributed by atoms with van der Waals surface area (Å²) in [5.41, 5.74) is 1.70. The monoisotopic (exact) mass is 326 g/mol. The van der Waals surface area contributed by atoms with Crippen molar-refractivity contribution in [1.29, 1.82) is 0 Å². The molecule has 3 atom stereocenters. The Hall–Kier alpha value is -2.04. The normalized spacial score (nSPS) is 24.2. The maximum atomic E-state index is 10.3. The quantitative estimate of drug-likeness (QED) is 0.694. The van der Waals surface area contributed by atoms with Gasteiger partial charge >= 0.3 is 0 Å². The molecule has 1 aliphatic rings. The lowest BCUT2D eigenvalue weighted by molar-refractivity contribution is 0.242. The molecule has 1 saturated heterocycles. The van der Waals surface area contributed by atoms with Crippen LogP contribution in [0.3, 0.4) is 0 Å². The highest BCUT2D eigenvalue weighted by Crippen LogP contribution is 2.39. The van der Waals surface area contributed by atoms with Gasteiger partial charge in [-0.05, 0) is 24.5 Å². The van der Waals surface area contributed by atoms with E-state index in [-0.39, 0.29) is 23.6 Å². The molecule has 4 nitrogen and oxygen atoms in total. The summed E-state index contributed by atoms with van der Waals surface area (Å²) in [4.78, 5) is 0. The molecular formula is C20H26N2O2. The van der Waals surface area contributed by atoms with Gasteiger partial charge in [-0.15, -0.1) is 0 Å². The number of aromatic hydroxyl groups is 2. The number of nitrogens with one attached hydrogen (secondary N) is 2. The molecule has 0 bridgehead atoms. The largest absolute Gasteiger partial charge is 0.508 e. The lowest BCUT2D eigenvalue weighted by Crippen LogP contribution is -2.52. The zero-order chi connectivity index (χ0) is 17.1. The number of hydrogen-bond donors (Lipinski definition) is 4. The lowest BCUT2D eigenvalue weighted by Gasteiger charge is -2.40. The molecule has 0 saturated carbocycles. The van der Waals surface area contributed by atoms with E-state index in [1.165, 1.54) is 0 Å². The van der Waals surface area contributed by atoms with Gasteiger partial charge in [0.2, 0.25) is 0 Å². The van der Waals surface area contributed by atoms with Crippen molar-refractivity contribution in [2.45, 2.75) is 38.4 Å². The van der Waals surface area contributed by atoms with E-state index < -0.39 is 0 Å². The Labute approximate surface area is 143 Å². The molecule has 3 rings (SSSR count). The van der Waals surface area contributed by atoms with E-state index in [2.05, 4.69) is 24.5 Å². The number of benzene rings is 2. The molecule has 2 aromatic rings. The van der Waals surface area contributed by atoms with Gasteiger partial charge in [-0.25, -0.2) is 0 Å². The molecular weight excluding hydrogens is 300 g/mol. The number of para-hydroxylation sites is 2. The lowest BCUT2D eigenvalue weighted by atomic mass is 9.88. The topological polar surface area (TPSA) is 64.5 Å². The average molecular weight is 326 g/mol. The Morgan fingerprint density at radius 2 is 1.46 bits per heavy atom. The molecule has 0 spiro atoms. The summed E-state index contributed by atoms with van der Waals surface area (Å²) in [6.45, 7) is 5.26. The maximum Gasteiger partial charge on any atom is 0.120 e. The van der Waals surface area contributed by atoms with Crippen LogP contribution in [0.2, 0.25) is 0 Å². The van der Waals surface area contributed by atoms with Gasteiger partial charge in [-0.1, -0.05) is 50.2 Å². The molecule has 0 radical (unpaired) electrons. The standard InChI is InChI=1S/C20H26N2O2/c1-13(2)11-14-12-21-19(15-7-3-5-9-17(15)23)20(22-14)16-8-4-6-10-18(16)24/h3-10,13-14,19-24H,11-12H2,1-2H3/t14-,19+,20+/m0/s1. The van der Waals surface area contributed by atoms with Crippen LogP contribution in [0.5, 0.6) is 11.5 Å². The zero-order valence-corrected chi connectivity index (χ0v) is 14.2. The molecule has 1 fully saturated rings. The summed E-state index contributed by atoms with van der Waals surface area (Å²) in [6, 6.07) is 15.0. The zero-order valence-electron chi connectivity index (χ0n) is 14.2. The first-order chi connectivity index (χ1) is 11.6. The summed E-state index contributed by atoms with van der Waals surface area (Å²) in [5.74, 6) is 1.15. The van der Waals surface area contributed by atoms with Crippen LogP contribution in [-0.4, -0.2) is 22.8 Å². The van der Waals surface area contributed by atoms with Crippen LogP contribution in [0, 0.1) is 5.92 Å². The first-order valence-corrected chi connectivity index (χ1v) is 8.61. The summed E-state index contributed by atoms with van der Waals surface area (Å²) in [7, 11) is 0. The Bertz CT molecular complexity index is 687. The van der Waals surface area contributed by atoms with Crippen molar-refractivity contribution in [3.8, 4) is 11.5 Å². The predicted octanol–water partition coefficient (Wildman–Crippen LogP) is 3.49. The summed E-state index contributed by atoms with van der Waals surface area (Å²) in [5, 5.41) is 27.9. The molecule has 4 N–H and O–H groups in total. The minimum Gasteiger partial charge on any atom is -0.508 e. The van der Waals surface area contributed by atoms with E-state index in [0.29, 0.717) is 12.0 Å². The number of hydrogen-bond acceptors (Lipinski definition) is 4. The van der Waals surface area contributed by atoms with Crippen molar-refractivity contribution < 1.29 is 10.2 Å². The van der Waals surface area contributed by atoms with Crippen LogP contribution in [0.15, 0.2) is 48.5 Å². The minimum atomic E-state index is -0.100. The smallest absolute Gasteiger partial charge is 0.120 e. The van der Waals surface area contributed by atoms with E-state index >= 15 is 0 Å².